The molecule has 2 N–H and O–H groups in total. The molecule has 146 valence electrons. The molecule has 0 saturated heterocycles. The molecule has 4 aromatic rings. The summed E-state index contributed by atoms with van der Waals surface area (Å²) in [6.45, 7) is 2.53. The Morgan fingerprint density at radius 2 is 1.72 bits per heavy atom. The molecule has 0 aliphatic carbocycles. The zero-order valence-electron chi connectivity index (χ0n) is 15.9. The molecule has 0 aliphatic rings. The number of carboxylic acid groups (broad SMARTS) is 1. The quantitative estimate of drug-likeness (QED) is 0.478. The van der Waals surface area contributed by atoms with Crippen molar-refractivity contribution >= 4 is 17.0 Å². The van der Waals surface area contributed by atoms with Crippen LogP contribution in [-0.4, -0.2) is 21.0 Å². The van der Waals surface area contributed by atoms with Gasteiger partial charge in [-0.3, -0.25) is 0 Å². The molecule has 0 spiro atoms. The monoisotopic (exact) mass is 388 g/mol. The van der Waals surface area contributed by atoms with Gasteiger partial charge in [0.1, 0.15) is 19.0 Å². The first-order valence-corrected chi connectivity index (χ1v) is 9.21. The number of rotatable bonds is 7. The number of aromatic amines is 1. The van der Waals surface area contributed by atoms with Crippen LogP contribution in [-0.2, 0) is 13.2 Å². The molecule has 0 bridgehead atoms. The van der Waals surface area contributed by atoms with Crippen molar-refractivity contribution in [3.8, 4) is 11.5 Å². The molecule has 0 atom stereocenters. The number of ether oxygens (including phenoxy) is 2. The Balaban J connectivity index is 1.54. The summed E-state index contributed by atoms with van der Waals surface area (Å²) in [5.74, 6) is 0.501. The smallest absolute Gasteiger partial charge is 0.335 e. The number of carboxylic acids is 1. The molecule has 0 fully saturated rings. The molecule has 4 rings (SSSR count). The number of fused-ring (bicyclic) bond motifs is 1. The van der Waals surface area contributed by atoms with Crippen LogP contribution in [0.1, 0.15) is 27.3 Å². The van der Waals surface area contributed by atoms with Gasteiger partial charge in [-0.05, 0) is 48.4 Å². The molecule has 6 heteroatoms. The van der Waals surface area contributed by atoms with E-state index in [1.165, 1.54) is 12.1 Å². The topological polar surface area (TPSA) is 84.4 Å². The van der Waals surface area contributed by atoms with Gasteiger partial charge < -0.3 is 19.6 Å². The number of aromatic carboxylic acids is 1. The van der Waals surface area contributed by atoms with Gasteiger partial charge >= 0.3 is 5.97 Å². The van der Waals surface area contributed by atoms with E-state index in [9.17, 15) is 9.90 Å². The van der Waals surface area contributed by atoms with Gasteiger partial charge in [-0.25, -0.2) is 9.78 Å². The molecule has 29 heavy (non-hydrogen) atoms. The van der Waals surface area contributed by atoms with Crippen LogP contribution >= 0.6 is 0 Å². The van der Waals surface area contributed by atoms with Gasteiger partial charge in [-0.2, -0.15) is 0 Å². The molecule has 1 heterocycles. The van der Waals surface area contributed by atoms with E-state index in [4.69, 9.17) is 9.47 Å². The first-order chi connectivity index (χ1) is 14.1. The number of benzene rings is 3. The normalized spacial score (nSPS) is 10.8. The van der Waals surface area contributed by atoms with Gasteiger partial charge in [-0.1, -0.05) is 36.4 Å². The number of imidazole rings is 1. The van der Waals surface area contributed by atoms with Gasteiger partial charge in [-0.15, -0.1) is 0 Å². The Kier molecular flexibility index (Phi) is 5.16. The van der Waals surface area contributed by atoms with Crippen LogP contribution < -0.4 is 9.47 Å². The maximum absolute atomic E-state index is 11.4. The molecule has 1 aromatic heterocycles. The SMILES string of the molecule is Cc1ccccc1COc1cc(C(=O)O)ccc1OCc1nc2ccccc2[nH]1. The minimum atomic E-state index is -1.02. The van der Waals surface area contributed by atoms with E-state index in [2.05, 4.69) is 9.97 Å². The lowest BCUT2D eigenvalue weighted by Crippen LogP contribution is -2.04. The third kappa shape index (κ3) is 4.21. The largest absolute Gasteiger partial charge is 0.485 e. The van der Waals surface area contributed by atoms with Crippen LogP contribution in [0.25, 0.3) is 11.0 Å². The van der Waals surface area contributed by atoms with Crippen LogP contribution in [0.5, 0.6) is 11.5 Å². The summed E-state index contributed by atoms with van der Waals surface area (Å²) >= 11 is 0. The highest BCUT2D eigenvalue weighted by Crippen LogP contribution is 2.30. The van der Waals surface area contributed by atoms with Crippen LogP contribution in [0, 0.1) is 6.92 Å². The maximum atomic E-state index is 11.4. The van der Waals surface area contributed by atoms with Crippen molar-refractivity contribution in [3.63, 3.8) is 0 Å². The predicted octanol–water partition coefficient (Wildman–Crippen LogP) is 4.73. The molecule has 6 nitrogen and oxygen atoms in total. The van der Waals surface area contributed by atoms with Crippen molar-refractivity contribution in [1.82, 2.24) is 9.97 Å². The van der Waals surface area contributed by atoms with Crippen LogP contribution in [0.15, 0.2) is 66.7 Å². The Labute approximate surface area is 167 Å². The van der Waals surface area contributed by atoms with Crippen molar-refractivity contribution in [3.05, 3.63) is 89.2 Å². The summed E-state index contributed by atoms with van der Waals surface area (Å²) in [4.78, 5) is 19.1. The van der Waals surface area contributed by atoms with E-state index < -0.39 is 5.97 Å². The fourth-order valence-electron chi connectivity index (χ4n) is 3.02. The molecule has 3 aromatic carbocycles. The van der Waals surface area contributed by atoms with Crippen molar-refractivity contribution in [1.29, 1.82) is 0 Å². The van der Waals surface area contributed by atoms with Gasteiger partial charge in [0.05, 0.1) is 16.6 Å². The van der Waals surface area contributed by atoms with E-state index in [1.807, 2.05) is 55.5 Å². The summed E-state index contributed by atoms with van der Waals surface area (Å²) < 4.78 is 11.8. The molecule has 0 saturated carbocycles. The Hall–Kier alpha value is -3.80. The summed E-state index contributed by atoms with van der Waals surface area (Å²) in [6, 6.07) is 20.2. The third-order valence-electron chi connectivity index (χ3n) is 4.64. The third-order valence-corrected chi connectivity index (χ3v) is 4.64. The van der Waals surface area contributed by atoms with Gasteiger partial charge in [0, 0.05) is 0 Å². The highest BCUT2D eigenvalue weighted by atomic mass is 16.5. The van der Waals surface area contributed by atoms with E-state index in [-0.39, 0.29) is 12.2 Å². The van der Waals surface area contributed by atoms with Crippen LogP contribution in [0.4, 0.5) is 0 Å². The van der Waals surface area contributed by atoms with E-state index in [0.717, 1.165) is 22.2 Å². The number of hydrogen-bond acceptors (Lipinski definition) is 4. The second kappa shape index (κ2) is 8.06. The minimum Gasteiger partial charge on any atom is -0.485 e. The van der Waals surface area contributed by atoms with E-state index in [1.54, 1.807) is 6.07 Å². The van der Waals surface area contributed by atoms with Crippen molar-refractivity contribution in [2.75, 3.05) is 0 Å². The number of carbonyl (C=O) groups is 1. The summed E-state index contributed by atoms with van der Waals surface area (Å²) in [5.41, 5.74) is 4.07. The Morgan fingerprint density at radius 1 is 0.966 bits per heavy atom. The highest BCUT2D eigenvalue weighted by Gasteiger charge is 2.13. The number of nitrogens with one attached hydrogen (secondary N) is 1. The van der Waals surface area contributed by atoms with Crippen molar-refractivity contribution < 1.29 is 19.4 Å². The second-order valence-corrected chi connectivity index (χ2v) is 6.67. The summed E-state index contributed by atoms with van der Waals surface area (Å²) in [7, 11) is 0. The summed E-state index contributed by atoms with van der Waals surface area (Å²) in [5, 5.41) is 9.31. The van der Waals surface area contributed by atoms with Gasteiger partial charge in [0.2, 0.25) is 0 Å². The van der Waals surface area contributed by atoms with Gasteiger partial charge in [0.25, 0.3) is 0 Å². The number of aryl methyl sites for hydroxylation is 1. The Morgan fingerprint density at radius 3 is 2.52 bits per heavy atom. The lowest BCUT2D eigenvalue weighted by Gasteiger charge is -2.14. The van der Waals surface area contributed by atoms with Crippen LogP contribution in [0.3, 0.4) is 0 Å². The first kappa shape index (κ1) is 18.6. The molecule has 0 radical (unpaired) electrons. The number of hydrogen-bond donors (Lipinski definition) is 2. The maximum Gasteiger partial charge on any atom is 0.335 e. The Bertz CT molecular complexity index is 1130. The fraction of sp³-hybridized carbons (Fsp3) is 0.130. The highest BCUT2D eigenvalue weighted by molar-refractivity contribution is 5.88. The van der Waals surface area contributed by atoms with Crippen molar-refractivity contribution in [2.24, 2.45) is 0 Å². The number of para-hydroxylation sites is 2. The zero-order chi connectivity index (χ0) is 20.2. The molecule has 0 aliphatic heterocycles. The first-order valence-electron chi connectivity index (χ1n) is 9.21. The zero-order valence-corrected chi connectivity index (χ0v) is 15.9. The fourth-order valence-corrected chi connectivity index (χ4v) is 3.02. The number of nitrogens with zero attached hydrogens (tertiary/aromatic N) is 1. The standard InChI is InChI=1S/C23H20N2O4/c1-15-6-2-3-7-17(15)13-28-21-12-16(23(26)27)10-11-20(21)29-14-22-24-18-8-4-5-9-19(18)25-22/h2-12H,13-14H2,1H3,(H,24,25)(H,26,27). The number of H-pyrrole nitrogens is 1. The second-order valence-electron chi connectivity index (χ2n) is 6.67. The van der Waals surface area contributed by atoms with Crippen LogP contribution in [0.2, 0.25) is 0 Å². The number of aromatic nitrogens is 2. The van der Waals surface area contributed by atoms with E-state index >= 15 is 0 Å². The summed E-state index contributed by atoms with van der Waals surface area (Å²) in [6.07, 6.45) is 0. The predicted molar refractivity (Wildman–Crippen MR) is 109 cm³/mol. The van der Waals surface area contributed by atoms with Crippen molar-refractivity contribution in [2.45, 2.75) is 20.1 Å². The lowest BCUT2D eigenvalue weighted by atomic mass is 10.1. The molecule has 0 unspecified atom stereocenters. The lowest BCUT2D eigenvalue weighted by molar-refractivity contribution is 0.0696. The van der Waals surface area contributed by atoms with E-state index in [0.29, 0.717) is 23.9 Å². The minimum absolute atomic E-state index is 0.140. The average Bonchev–Trinajstić information content (AvgIpc) is 3.15. The van der Waals surface area contributed by atoms with Gasteiger partial charge in [0.15, 0.2) is 11.5 Å². The molecule has 0 amide bonds. The average molecular weight is 388 g/mol. The molecular formula is C23H20N2O4. The molecular weight excluding hydrogens is 368 g/mol.